The molecule has 184 valence electrons. The molecule has 1 fully saturated rings. The summed E-state index contributed by atoms with van der Waals surface area (Å²) >= 11 is 0. The van der Waals surface area contributed by atoms with Gasteiger partial charge in [-0.25, -0.2) is 14.2 Å². The number of carboxylic acid groups (broad SMARTS) is 1. The van der Waals surface area contributed by atoms with E-state index >= 15 is 0 Å². The van der Waals surface area contributed by atoms with E-state index in [-0.39, 0.29) is 11.8 Å². The van der Waals surface area contributed by atoms with Gasteiger partial charge in [0.1, 0.15) is 5.82 Å². The van der Waals surface area contributed by atoms with Crippen LogP contribution >= 0.6 is 0 Å². The molecular formula is C27H32FN5O2. The number of nitrogen functional groups attached to an aromatic ring is 1. The van der Waals surface area contributed by atoms with Crippen molar-refractivity contribution in [2.24, 2.45) is 5.92 Å². The van der Waals surface area contributed by atoms with E-state index in [4.69, 9.17) is 20.8 Å². The van der Waals surface area contributed by atoms with Crippen LogP contribution in [0.3, 0.4) is 0 Å². The molecule has 3 heterocycles. The van der Waals surface area contributed by atoms with Gasteiger partial charge >= 0.3 is 5.97 Å². The van der Waals surface area contributed by atoms with Gasteiger partial charge < -0.3 is 10.8 Å². The van der Waals surface area contributed by atoms with E-state index in [1.807, 2.05) is 31.3 Å². The summed E-state index contributed by atoms with van der Waals surface area (Å²) in [6.07, 6.45) is 10.9. The van der Waals surface area contributed by atoms with Crippen molar-refractivity contribution >= 4 is 17.4 Å². The lowest BCUT2D eigenvalue weighted by Crippen LogP contribution is -2.29. The number of halogens is 1. The number of fused-ring (bicyclic) bond motifs is 1. The Morgan fingerprint density at radius 1 is 1.31 bits per heavy atom. The largest absolute Gasteiger partial charge is 0.479 e. The molecular weight excluding hydrogens is 445 g/mol. The Morgan fingerprint density at radius 3 is 2.66 bits per heavy atom. The van der Waals surface area contributed by atoms with Gasteiger partial charge in [-0.1, -0.05) is 37.8 Å². The van der Waals surface area contributed by atoms with E-state index in [1.54, 1.807) is 16.8 Å². The standard InChI is InChI=1S/C27H32FN5O2/c1-4-6-7-17(5-2)22-13-12-20(14-30-22)21-15-31-33-25(29)16(3)24(32-26(21)33)19-10-8-18(9-11-19)23(28)27(34)35/h4,6-7,12-15,17-19,23H,1,5,8-11,29H2,2-3H3,(H,34,35). The fourth-order valence-corrected chi connectivity index (χ4v) is 5.04. The number of anilines is 1. The number of rotatable bonds is 8. The van der Waals surface area contributed by atoms with Crippen molar-refractivity contribution in [2.75, 3.05) is 5.73 Å². The Hall–Kier alpha value is -3.55. The second-order valence-electron chi connectivity index (χ2n) is 9.26. The van der Waals surface area contributed by atoms with E-state index in [9.17, 15) is 9.18 Å². The molecule has 35 heavy (non-hydrogen) atoms. The summed E-state index contributed by atoms with van der Waals surface area (Å²) < 4.78 is 15.6. The van der Waals surface area contributed by atoms with Gasteiger partial charge in [0.2, 0.25) is 0 Å². The minimum Gasteiger partial charge on any atom is -0.479 e. The average molecular weight is 478 g/mol. The van der Waals surface area contributed by atoms with E-state index in [0.29, 0.717) is 37.1 Å². The van der Waals surface area contributed by atoms with Crippen LogP contribution < -0.4 is 5.73 Å². The highest BCUT2D eigenvalue weighted by Crippen LogP contribution is 2.40. The molecule has 1 saturated carbocycles. The Kier molecular flexibility index (Phi) is 7.28. The SMILES string of the molecule is C=CC=CC(CC)c1ccc(-c2cnn3c(N)c(C)c(C4CCC(C(F)C(=O)O)CC4)nc23)cn1. The third kappa shape index (κ3) is 4.83. The molecule has 0 aromatic carbocycles. The molecule has 8 heteroatoms. The van der Waals surface area contributed by atoms with Crippen LogP contribution in [-0.2, 0) is 4.79 Å². The van der Waals surface area contributed by atoms with Gasteiger partial charge in [0.15, 0.2) is 11.8 Å². The lowest BCUT2D eigenvalue weighted by Gasteiger charge is -2.29. The first-order valence-corrected chi connectivity index (χ1v) is 12.1. The van der Waals surface area contributed by atoms with Gasteiger partial charge in [0.05, 0.1) is 11.9 Å². The highest BCUT2D eigenvalue weighted by atomic mass is 19.1. The number of carboxylic acids is 1. The normalized spacial score (nSPS) is 20.2. The molecule has 1 aliphatic rings. The first kappa shape index (κ1) is 24.6. The zero-order valence-corrected chi connectivity index (χ0v) is 20.2. The number of hydrogen-bond acceptors (Lipinski definition) is 5. The number of nitrogens with zero attached hydrogens (tertiary/aromatic N) is 4. The molecule has 0 saturated heterocycles. The van der Waals surface area contributed by atoms with Gasteiger partial charge in [-0.3, -0.25) is 4.98 Å². The number of pyridine rings is 1. The average Bonchev–Trinajstić information content (AvgIpc) is 3.31. The fourth-order valence-electron chi connectivity index (χ4n) is 5.04. The molecule has 3 N–H and O–H groups in total. The topological polar surface area (TPSA) is 106 Å². The number of aliphatic carboxylic acids is 1. The van der Waals surface area contributed by atoms with Crippen LogP contribution in [0.25, 0.3) is 16.8 Å². The van der Waals surface area contributed by atoms with Gasteiger partial charge in [0, 0.05) is 46.3 Å². The molecule has 3 aromatic rings. The Labute approximate surface area is 204 Å². The third-order valence-electron chi connectivity index (χ3n) is 7.17. The first-order chi connectivity index (χ1) is 16.8. The predicted octanol–water partition coefficient (Wildman–Crippen LogP) is 5.61. The molecule has 7 nitrogen and oxygen atoms in total. The molecule has 2 unspecified atom stereocenters. The van der Waals surface area contributed by atoms with Gasteiger partial charge in [-0.15, -0.1) is 0 Å². The van der Waals surface area contributed by atoms with Crippen molar-refractivity contribution in [1.29, 1.82) is 0 Å². The van der Waals surface area contributed by atoms with E-state index in [2.05, 4.69) is 24.7 Å². The molecule has 0 spiro atoms. The fraction of sp³-hybridized carbons (Fsp3) is 0.407. The predicted molar refractivity (Wildman–Crippen MR) is 135 cm³/mol. The minimum absolute atomic E-state index is 0.102. The van der Waals surface area contributed by atoms with Crippen LogP contribution in [-0.4, -0.2) is 36.8 Å². The zero-order valence-electron chi connectivity index (χ0n) is 20.2. The summed E-state index contributed by atoms with van der Waals surface area (Å²) in [6.45, 7) is 7.79. The maximum Gasteiger partial charge on any atom is 0.338 e. The van der Waals surface area contributed by atoms with E-state index in [1.165, 1.54) is 0 Å². The van der Waals surface area contributed by atoms with Crippen LogP contribution in [0.4, 0.5) is 10.2 Å². The smallest absolute Gasteiger partial charge is 0.338 e. The monoisotopic (exact) mass is 477 g/mol. The second kappa shape index (κ2) is 10.4. The molecule has 3 aromatic heterocycles. The molecule has 1 aliphatic carbocycles. The second-order valence-corrected chi connectivity index (χ2v) is 9.26. The maximum absolute atomic E-state index is 14.0. The number of alkyl halides is 1. The number of carbonyl (C=O) groups is 1. The summed E-state index contributed by atoms with van der Waals surface area (Å²) in [5.74, 6) is -0.983. The molecule has 4 rings (SSSR count). The number of hydrogen-bond donors (Lipinski definition) is 2. The molecule has 2 atom stereocenters. The number of aromatic nitrogens is 4. The quantitative estimate of drug-likeness (QED) is 0.408. The van der Waals surface area contributed by atoms with Crippen molar-refractivity contribution in [1.82, 2.24) is 19.6 Å². The number of allylic oxidation sites excluding steroid dienone is 3. The third-order valence-corrected chi connectivity index (χ3v) is 7.17. The Morgan fingerprint density at radius 2 is 2.06 bits per heavy atom. The maximum atomic E-state index is 14.0. The van der Waals surface area contributed by atoms with E-state index < -0.39 is 18.1 Å². The lowest BCUT2D eigenvalue weighted by molar-refractivity contribution is -0.145. The van der Waals surface area contributed by atoms with Gasteiger partial charge in [0.25, 0.3) is 0 Å². The molecule has 0 amide bonds. The van der Waals surface area contributed by atoms with Crippen molar-refractivity contribution in [3.8, 4) is 11.1 Å². The molecule has 0 bridgehead atoms. The number of nitrogens with two attached hydrogens (primary N) is 1. The van der Waals surface area contributed by atoms with Crippen LogP contribution in [0.5, 0.6) is 0 Å². The van der Waals surface area contributed by atoms with Crippen LogP contribution in [0.1, 0.15) is 67.8 Å². The molecule has 0 aliphatic heterocycles. The summed E-state index contributed by atoms with van der Waals surface area (Å²) in [7, 11) is 0. The highest BCUT2D eigenvalue weighted by Gasteiger charge is 2.33. The summed E-state index contributed by atoms with van der Waals surface area (Å²) in [6, 6.07) is 4.05. The molecule has 0 radical (unpaired) electrons. The first-order valence-electron chi connectivity index (χ1n) is 12.1. The highest BCUT2D eigenvalue weighted by molar-refractivity contribution is 5.78. The van der Waals surface area contributed by atoms with Crippen molar-refractivity contribution < 1.29 is 14.3 Å². The minimum atomic E-state index is -1.81. The van der Waals surface area contributed by atoms with Gasteiger partial charge in [-0.05, 0) is 45.1 Å². The van der Waals surface area contributed by atoms with Crippen molar-refractivity contribution in [3.63, 3.8) is 0 Å². The Balaban J connectivity index is 1.64. The van der Waals surface area contributed by atoms with Crippen molar-refractivity contribution in [2.45, 2.75) is 64.0 Å². The summed E-state index contributed by atoms with van der Waals surface area (Å²) in [4.78, 5) is 20.7. The Bertz CT molecular complexity index is 1240. The van der Waals surface area contributed by atoms with Crippen LogP contribution in [0.15, 0.2) is 49.3 Å². The van der Waals surface area contributed by atoms with Crippen LogP contribution in [0, 0.1) is 12.8 Å². The van der Waals surface area contributed by atoms with Crippen LogP contribution in [0.2, 0.25) is 0 Å². The van der Waals surface area contributed by atoms with E-state index in [0.717, 1.165) is 34.5 Å². The lowest BCUT2D eigenvalue weighted by atomic mass is 9.77. The van der Waals surface area contributed by atoms with Crippen molar-refractivity contribution in [3.05, 3.63) is 66.3 Å². The summed E-state index contributed by atoms with van der Waals surface area (Å²) in [5, 5.41) is 13.5. The van der Waals surface area contributed by atoms with Gasteiger partial charge in [-0.2, -0.15) is 9.61 Å². The zero-order chi connectivity index (χ0) is 25.1. The summed E-state index contributed by atoms with van der Waals surface area (Å²) in [5.41, 5.74) is 11.6.